The number of anilines is 3. The van der Waals surface area contributed by atoms with Gasteiger partial charge in [0.05, 0.1) is 35.1 Å². The van der Waals surface area contributed by atoms with Crippen molar-refractivity contribution in [2.45, 2.75) is 32.2 Å². The monoisotopic (exact) mass is 606 g/mol. The molecule has 2 aromatic heterocycles. The number of piperazine rings is 1. The highest BCUT2D eigenvalue weighted by atomic mass is 19.4. The second-order valence-corrected chi connectivity index (χ2v) is 10.8. The lowest BCUT2D eigenvalue weighted by molar-refractivity contribution is -0.138. The molecule has 3 aromatic rings. The van der Waals surface area contributed by atoms with Crippen molar-refractivity contribution in [2.75, 3.05) is 61.5 Å². The first kappa shape index (κ1) is 30.4. The number of morpholine rings is 1. The number of likely N-dealkylation sites (N-methyl/N-ethyl adjacent to an activating group) is 1. The molecule has 0 radical (unpaired) electrons. The zero-order valence-corrected chi connectivity index (χ0v) is 23.8. The molecule has 14 heteroatoms. The van der Waals surface area contributed by atoms with Gasteiger partial charge in [-0.25, -0.2) is 13.8 Å². The van der Waals surface area contributed by atoms with Gasteiger partial charge in [-0.3, -0.25) is 9.59 Å². The summed E-state index contributed by atoms with van der Waals surface area (Å²) in [4.78, 5) is 37.0. The van der Waals surface area contributed by atoms with Crippen molar-refractivity contribution in [3.8, 4) is 11.1 Å². The summed E-state index contributed by atoms with van der Waals surface area (Å²) in [6, 6.07) is 4.43. The van der Waals surface area contributed by atoms with E-state index >= 15 is 8.78 Å². The smallest absolute Gasteiger partial charge is 0.375 e. The van der Waals surface area contributed by atoms with Crippen LogP contribution in [0.1, 0.15) is 29.8 Å². The molecule has 1 aromatic carbocycles. The predicted molar refractivity (Wildman–Crippen MR) is 152 cm³/mol. The molecule has 5 rings (SSSR count). The molecular formula is C29H31F5N6O3. The number of carbonyl (C=O) groups is 1. The Morgan fingerprint density at radius 1 is 1.09 bits per heavy atom. The number of pyridine rings is 2. The number of hydrogen-bond donors (Lipinski definition) is 2. The Morgan fingerprint density at radius 3 is 2.51 bits per heavy atom. The summed E-state index contributed by atoms with van der Waals surface area (Å²) in [5.41, 5.74) is -4.37. The average Bonchev–Trinajstić information content (AvgIpc) is 2.95. The van der Waals surface area contributed by atoms with Crippen LogP contribution in [0, 0.1) is 11.6 Å². The summed E-state index contributed by atoms with van der Waals surface area (Å²) in [5.74, 6) is -2.82. The number of aromatic amines is 1. The van der Waals surface area contributed by atoms with Gasteiger partial charge in [-0.1, -0.05) is 0 Å². The minimum Gasteiger partial charge on any atom is -0.375 e. The minimum atomic E-state index is -5.03. The van der Waals surface area contributed by atoms with E-state index in [0.29, 0.717) is 51.3 Å². The molecule has 43 heavy (non-hydrogen) atoms. The van der Waals surface area contributed by atoms with Crippen molar-refractivity contribution in [1.29, 1.82) is 0 Å². The average molecular weight is 607 g/mol. The Bertz CT molecular complexity index is 1560. The topological polar surface area (TPSA) is 93.8 Å². The van der Waals surface area contributed by atoms with Gasteiger partial charge >= 0.3 is 6.18 Å². The number of amides is 1. The van der Waals surface area contributed by atoms with E-state index in [1.165, 1.54) is 12.3 Å². The zero-order chi connectivity index (χ0) is 31.1. The third-order valence-electron chi connectivity index (χ3n) is 7.81. The number of carbonyl (C=O) groups excluding carboxylic acids is 1. The van der Waals surface area contributed by atoms with E-state index in [0.717, 1.165) is 6.07 Å². The molecule has 2 atom stereocenters. The largest absolute Gasteiger partial charge is 0.417 e. The van der Waals surface area contributed by atoms with Gasteiger partial charge in [0.15, 0.2) is 5.82 Å². The van der Waals surface area contributed by atoms with E-state index in [2.05, 4.69) is 15.3 Å². The van der Waals surface area contributed by atoms with Gasteiger partial charge in [-0.15, -0.1) is 0 Å². The van der Waals surface area contributed by atoms with Gasteiger partial charge < -0.3 is 29.7 Å². The molecule has 2 N–H and O–H groups in total. The van der Waals surface area contributed by atoms with Gasteiger partial charge in [0.1, 0.15) is 17.3 Å². The van der Waals surface area contributed by atoms with Crippen LogP contribution in [0.3, 0.4) is 0 Å². The molecule has 2 aliphatic rings. The number of hydrogen-bond acceptors (Lipinski definition) is 7. The van der Waals surface area contributed by atoms with Crippen LogP contribution in [-0.4, -0.2) is 79.3 Å². The first-order valence-corrected chi connectivity index (χ1v) is 13.7. The summed E-state index contributed by atoms with van der Waals surface area (Å²) in [6.07, 6.45) is -3.12. The van der Waals surface area contributed by atoms with E-state index < -0.39 is 51.7 Å². The van der Waals surface area contributed by atoms with E-state index in [4.69, 9.17) is 4.74 Å². The van der Waals surface area contributed by atoms with Crippen molar-refractivity contribution >= 4 is 23.1 Å². The van der Waals surface area contributed by atoms with E-state index in [-0.39, 0.29) is 29.5 Å². The summed E-state index contributed by atoms with van der Waals surface area (Å²) < 4.78 is 78.7. The summed E-state index contributed by atoms with van der Waals surface area (Å²) in [5, 5.41) is 2.26. The highest BCUT2D eigenvalue weighted by molar-refractivity contribution is 6.07. The molecule has 2 aliphatic heterocycles. The molecule has 2 fully saturated rings. The van der Waals surface area contributed by atoms with Crippen molar-refractivity contribution in [3.63, 3.8) is 0 Å². The van der Waals surface area contributed by atoms with Crippen LogP contribution in [0.2, 0.25) is 0 Å². The number of aromatic nitrogens is 2. The molecule has 0 aliphatic carbocycles. The Balaban J connectivity index is 1.57. The van der Waals surface area contributed by atoms with Crippen LogP contribution >= 0.6 is 0 Å². The Labute approximate surface area is 244 Å². The Morgan fingerprint density at radius 2 is 1.86 bits per heavy atom. The van der Waals surface area contributed by atoms with Gasteiger partial charge in [0.2, 0.25) is 5.56 Å². The molecule has 0 spiro atoms. The fraction of sp³-hybridized carbons (Fsp3) is 0.414. The molecule has 1 amide bonds. The SMILES string of the molecule is C[C@H]1CN(c2ccc(-c3c(F)cc(N4CCN(C)[C@@H](C)C4)c(NC(=O)c4c[nH]c(=O)cc4C(F)(F)F)c3F)cn2)CCO1. The van der Waals surface area contributed by atoms with Crippen LogP contribution in [0.5, 0.6) is 0 Å². The normalized spacial score (nSPS) is 19.9. The Hall–Kier alpha value is -4.04. The fourth-order valence-corrected chi connectivity index (χ4v) is 5.33. The number of H-pyrrole nitrogens is 1. The van der Waals surface area contributed by atoms with Crippen molar-refractivity contribution in [3.05, 3.63) is 69.8 Å². The lowest BCUT2D eigenvalue weighted by Gasteiger charge is -2.39. The van der Waals surface area contributed by atoms with Gasteiger partial charge in [-0.2, -0.15) is 13.2 Å². The van der Waals surface area contributed by atoms with Gasteiger partial charge in [-0.05, 0) is 33.0 Å². The molecular weight excluding hydrogens is 575 g/mol. The summed E-state index contributed by atoms with van der Waals surface area (Å²) >= 11 is 0. The standard InChI is InChI=1S/C29H31F5N6O3/c1-16-14-39(7-6-38(16)3)22-11-21(30)25(18-4-5-23(35-12-18)40-8-9-43-17(2)15-40)26(31)27(22)37-28(42)19-13-36-24(41)10-20(19)29(32,33)34/h4-5,10-13,16-17H,6-9,14-15H2,1-3H3,(H,36,41)(H,37,42)/t16-,17-/m0/s1. The second kappa shape index (κ2) is 11.9. The number of nitrogens with zero attached hydrogens (tertiary/aromatic N) is 4. The first-order chi connectivity index (χ1) is 20.3. The molecule has 4 heterocycles. The summed E-state index contributed by atoms with van der Waals surface area (Å²) in [7, 11) is 1.90. The number of rotatable bonds is 5. The molecule has 2 saturated heterocycles. The van der Waals surface area contributed by atoms with Crippen molar-refractivity contribution in [1.82, 2.24) is 14.9 Å². The van der Waals surface area contributed by atoms with E-state index in [1.54, 1.807) is 11.0 Å². The first-order valence-electron chi connectivity index (χ1n) is 13.7. The van der Waals surface area contributed by atoms with Gasteiger partial charge in [0.25, 0.3) is 5.91 Å². The molecule has 0 unspecified atom stereocenters. The number of halogens is 5. The number of nitrogens with one attached hydrogen (secondary N) is 2. The molecule has 9 nitrogen and oxygen atoms in total. The van der Waals surface area contributed by atoms with Crippen LogP contribution in [0.15, 0.2) is 41.5 Å². The summed E-state index contributed by atoms with van der Waals surface area (Å²) in [6.45, 7) is 6.78. The third kappa shape index (κ3) is 6.34. The maximum absolute atomic E-state index is 16.4. The molecule has 0 saturated carbocycles. The van der Waals surface area contributed by atoms with E-state index in [1.807, 2.05) is 30.7 Å². The lowest BCUT2D eigenvalue weighted by Crippen LogP contribution is -2.50. The van der Waals surface area contributed by atoms with Crippen LogP contribution < -0.4 is 20.7 Å². The number of ether oxygens (including phenoxy) is 1. The maximum Gasteiger partial charge on any atom is 0.417 e. The highest BCUT2D eigenvalue weighted by Crippen LogP contribution is 2.40. The van der Waals surface area contributed by atoms with Gasteiger partial charge in [0, 0.05) is 68.9 Å². The van der Waals surface area contributed by atoms with Crippen LogP contribution in [0.4, 0.5) is 39.1 Å². The quantitative estimate of drug-likeness (QED) is 0.418. The highest BCUT2D eigenvalue weighted by Gasteiger charge is 2.37. The number of alkyl halides is 3. The van der Waals surface area contributed by atoms with Crippen LogP contribution in [0.25, 0.3) is 11.1 Å². The second-order valence-electron chi connectivity index (χ2n) is 10.8. The van der Waals surface area contributed by atoms with Crippen molar-refractivity contribution < 1.29 is 31.5 Å². The zero-order valence-electron chi connectivity index (χ0n) is 23.8. The fourth-order valence-electron chi connectivity index (χ4n) is 5.33. The minimum absolute atomic E-state index is 0.0126. The lowest BCUT2D eigenvalue weighted by atomic mass is 10.0. The third-order valence-corrected chi connectivity index (χ3v) is 7.81. The molecule has 230 valence electrons. The van der Waals surface area contributed by atoms with Crippen LogP contribution in [-0.2, 0) is 10.9 Å². The maximum atomic E-state index is 16.4. The van der Waals surface area contributed by atoms with E-state index in [9.17, 15) is 22.8 Å². The predicted octanol–water partition coefficient (Wildman–Crippen LogP) is 4.35. The van der Waals surface area contributed by atoms with Crippen molar-refractivity contribution in [2.24, 2.45) is 0 Å². The number of benzene rings is 1. The molecule has 0 bridgehead atoms. The Kier molecular flexibility index (Phi) is 8.43.